The number of urea groups is 1. The molecule has 1 heterocycles. The van der Waals surface area contributed by atoms with Gasteiger partial charge in [0.1, 0.15) is 0 Å². The maximum Gasteiger partial charge on any atom is 0.321 e. The number of carbonyl (C=O) groups excluding carboxylic acids is 1. The van der Waals surface area contributed by atoms with Gasteiger partial charge >= 0.3 is 6.03 Å². The number of hydrogen-bond donors (Lipinski definition) is 1. The summed E-state index contributed by atoms with van der Waals surface area (Å²) in [6.45, 7) is 5.99. The van der Waals surface area contributed by atoms with Gasteiger partial charge in [0.2, 0.25) is 0 Å². The zero-order chi connectivity index (χ0) is 14.8. The molecule has 21 heavy (non-hydrogen) atoms. The van der Waals surface area contributed by atoms with Crippen LogP contribution in [0.3, 0.4) is 0 Å². The van der Waals surface area contributed by atoms with E-state index in [4.69, 9.17) is 0 Å². The van der Waals surface area contributed by atoms with E-state index in [2.05, 4.69) is 31.3 Å². The first-order valence-corrected chi connectivity index (χ1v) is 8.26. The Labute approximate surface area is 127 Å². The first-order valence-electron chi connectivity index (χ1n) is 8.26. The van der Waals surface area contributed by atoms with Gasteiger partial charge in [-0.05, 0) is 50.2 Å². The third-order valence-electron chi connectivity index (χ3n) is 5.20. The minimum absolute atomic E-state index is 0.0750. The van der Waals surface area contributed by atoms with Crippen LogP contribution in [-0.4, -0.2) is 24.0 Å². The molecule has 1 aromatic rings. The van der Waals surface area contributed by atoms with E-state index >= 15 is 0 Å². The largest absolute Gasteiger partial charge is 0.324 e. The number of fused-ring (bicyclic) bond motifs is 1. The first kappa shape index (κ1) is 14.4. The van der Waals surface area contributed by atoms with Gasteiger partial charge in [-0.1, -0.05) is 37.0 Å². The molecule has 3 heteroatoms. The van der Waals surface area contributed by atoms with Crippen molar-refractivity contribution in [3.05, 3.63) is 29.3 Å². The molecule has 2 atom stereocenters. The minimum atomic E-state index is 0.0750. The molecule has 1 aliphatic carbocycles. The molecule has 3 rings (SSSR count). The molecule has 2 aliphatic rings. The third-order valence-corrected chi connectivity index (χ3v) is 5.20. The maximum absolute atomic E-state index is 12.5. The van der Waals surface area contributed by atoms with Crippen molar-refractivity contribution in [3.8, 4) is 0 Å². The van der Waals surface area contributed by atoms with E-state index in [1.54, 1.807) is 0 Å². The van der Waals surface area contributed by atoms with Crippen LogP contribution >= 0.6 is 0 Å². The van der Waals surface area contributed by atoms with E-state index < -0.39 is 0 Å². The van der Waals surface area contributed by atoms with Gasteiger partial charge in [0.15, 0.2) is 0 Å². The summed E-state index contributed by atoms with van der Waals surface area (Å²) in [5, 5.41) is 3.09. The van der Waals surface area contributed by atoms with Gasteiger partial charge in [-0.15, -0.1) is 0 Å². The van der Waals surface area contributed by atoms with Crippen LogP contribution in [0.2, 0.25) is 0 Å². The molecule has 1 aromatic carbocycles. The Balaban J connectivity index is 1.63. The smallest absolute Gasteiger partial charge is 0.321 e. The van der Waals surface area contributed by atoms with Crippen molar-refractivity contribution >= 4 is 11.7 Å². The van der Waals surface area contributed by atoms with E-state index in [-0.39, 0.29) is 6.03 Å². The van der Waals surface area contributed by atoms with Gasteiger partial charge in [-0.3, -0.25) is 0 Å². The summed E-state index contributed by atoms with van der Waals surface area (Å²) in [5.74, 6) is 1.60. The zero-order valence-electron chi connectivity index (χ0n) is 13.2. The van der Waals surface area contributed by atoms with E-state index in [1.165, 1.54) is 37.7 Å². The van der Waals surface area contributed by atoms with Crippen molar-refractivity contribution in [1.29, 1.82) is 0 Å². The molecule has 1 saturated carbocycles. The highest BCUT2D eigenvalue weighted by molar-refractivity contribution is 5.90. The van der Waals surface area contributed by atoms with Crippen molar-refractivity contribution in [2.45, 2.75) is 46.0 Å². The fraction of sp³-hybridized carbons (Fsp3) is 0.611. The topological polar surface area (TPSA) is 32.3 Å². The molecule has 1 aliphatic heterocycles. The van der Waals surface area contributed by atoms with Crippen LogP contribution in [0.15, 0.2) is 18.2 Å². The Hall–Kier alpha value is -1.51. The monoisotopic (exact) mass is 286 g/mol. The minimum Gasteiger partial charge on any atom is -0.324 e. The van der Waals surface area contributed by atoms with Crippen LogP contribution in [0.5, 0.6) is 0 Å². The van der Waals surface area contributed by atoms with E-state index in [0.717, 1.165) is 36.2 Å². The summed E-state index contributed by atoms with van der Waals surface area (Å²) in [6, 6.07) is 6.25. The van der Waals surface area contributed by atoms with E-state index in [1.807, 2.05) is 11.0 Å². The second kappa shape index (κ2) is 6.08. The third kappa shape index (κ3) is 3.22. The molecule has 0 unspecified atom stereocenters. The van der Waals surface area contributed by atoms with Crippen LogP contribution in [0, 0.1) is 25.7 Å². The second-order valence-electron chi connectivity index (χ2n) is 6.79. The highest BCUT2D eigenvalue weighted by Crippen LogP contribution is 2.36. The standard InChI is InChI=1S/C18H26N2O/c1-13-7-8-17(14(2)11-13)19-18(21)20-10-9-15-5-3-4-6-16(15)12-20/h7-8,11,15-16H,3-6,9-10,12H2,1-2H3,(H,19,21)/t15-,16-/m0/s1. The SMILES string of the molecule is Cc1ccc(NC(=O)N2CC[C@@H]3CCCC[C@H]3C2)c(C)c1. The van der Waals surface area contributed by atoms with Crippen LogP contribution in [0.4, 0.5) is 10.5 Å². The molecule has 0 aromatic heterocycles. The van der Waals surface area contributed by atoms with Gasteiger partial charge in [0, 0.05) is 18.8 Å². The number of amides is 2. The number of aryl methyl sites for hydroxylation is 2. The molecular weight excluding hydrogens is 260 g/mol. The fourth-order valence-electron chi connectivity index (χ4n) is 3.93. The second-order valence-corrected chi connectivity index (χ2v) is 6.79. The summed E-state index contributed by atoms with van der Waals surface area (Å²) in [5.41, 5.74) is 3.31. The highest BCUT2D eigenvalue weighted by Gasteiger charge is 2.32. The van der Waals surface area contributed by atoms with Crippen molar-refractivity contribution in [2.75, 3.05) is 18.4 Å². The molecule has 114 valence electrons. The molecule has 0 spiro atoms. The van der Waals surface area contributed by atoms with Gasteiger partial charge < -0.3 is 10.2 Å². The lowest BCUT2D eigenvalue weighted by Crippen LogP contribution is -2.46. The van der Waals surface area contributed by atoms with Crippen LogP contribution < -0.4 is 5.32 Å². The lowest BCUT2D eigenvalue weighted by atomic mass is 9.75. The Morgan fingerprint density at radius 3 is 2.67 bits per heavy atom. The number of anilines is 1. The normalized spacial score (nSPS) is 25.3. The van der Waals surface area contributed by atoms with Gasteiger partial charge in [0.05, 0.1) is 0 Å². The van der Waals surface area contributed by atoms with E-state index in [0.29, 0.717) is 0 Å². The molecular formula is C18H26N2O. The molecule has 2 amide bonds. The predicted molar refractivity (Wildman–Crippen MR) is 86.6 cm³/mol. The van der Waals surface area contributed by atoms with Crippen molar-refractivity contribution in [3.63, 3.8) is 0 Å². The summed E-state index contributed by atoms with van der Waals surface area (Å²) in [4.78, 5) is 14.5. The summed E-state index contributed by atoms with van der Waals surface area (Å²) < 4.78 is 0. The Morgan fingerprint density at radius 2 is 1.90 bits per heavy atom. The lowest BCUT2D eigenvalue weighted by Gasteiger charge is -2.41. The summed E-state index contributed by atoms with van der Waals surface area (Å²) in [7, 11) is 0. The number of nitrogens with one attached hydrogen (secondary N) is 1. The predicted octanol–water partition coefficient (Wildman–Crippen LogP) is 4.35. The van der Waals surface area contributed by atoms with Gasteiger partial charge in [-0.2, -0.15) is 0 Å². The Kier molecular flexibility index (Phi) is 4.18. The summed E-state index contributed by atoms with van der Waals surface area (Å²) >= 11 is 0. The van der Waals surface area contributed by atoms with Crippen molar-refractivity contribution in [1.82, 2.24) is 4.90 Å². The molecule has 1 saturated heterocycles. The van der Waals surface area contributed by atoms with Gasteiger partial charge in [-0.25, -0.2) is 4.79 Å². The van der Waals surface area contributed by atoms with Crippen LogP contribution in [0.25, 0.3) is 0 Å². The number of piperidine rings is 1. The van der Waals surface area contributed by atoms with Gasteiger partial charge in [0.25, 0.3) is 0 Å². The van der Waals surface area contributed by atoms with Crippen molar-refractivity contribution in [2.24, 2.45) is 11.8 Å². The average molecular weight is 286 g/mol. The van der Waals surface area contributed by atoms with E-state index in [9.17, 15) is 4.79 Å². The Bertz CT molecular complexity index is 526. The number of likely N-dealkylation sites (tertiary alicyclic amines) is 1. The lowest BCUT2D eigenvalue weighted by molar-refractivity contribution is 0.108. The number of rotatable bonds is 1. The highest BCUT2D eigenvalue weighted by atomic mass is 16.2. The molecule has 1 N–H and O–H groups in total. The number of nitrogens with zero attached hydrogens (tertiary/aromatic N) is 1. The summed E-state index contributed by atoms with van der Waals surface area (Å²) in [6.07, 6.45) is 6.59. The molecule has 2 fully saturated rings. The molecule has 0 radical (unpaired) electrons. The molecule has 0 bridgehead atoms. The first-order chi connectivity index (χ1) is 10.1. The van der Waals surface area contributed by atoms with Crippen molar-refractivity contribution < 1.29 is 4.79 Å². The maximum atomic E-state index is 12.5. The van der Waals surface area contributed by atoms with Crippen LogP contribution in [0.1, 0.15) is 43.2 Å². The fourth-order valence-corrected chi connectivity index (χ4v) is 3.93. The average Bonchev–Trinajstić information content (AvgIpc) is 2.49. The number of carbonyl (C=O) groups is 1. The number of hydrogen-bond acceptors (Lipinski definition) is 1. The number of benzene rings is 1. The quantitative estimate of drug-likeness (QED) is 0.818. The van der Waals surface area contributed by atoms with Crippen LogP contribution in [-0.2, 0) is 0 Å². The molecule has 3 nitrogen and oxygen atoms in total. The zero-order valence-corrected chi connectivity index (χ0v) is 13.2. The Morgan fingerprint density at radius 1 is 1.14 bits per heavy atom.